The molecule has 1 aromatic carbocycles. The number of methoxy groups -OCH3 is 1. The topological polar surface area (TPSA) is 50.4 Å². The van der Waals surface area contributed by atoms with Gasteiger partial charge in [0.05, 0.1) is 12.8 Å². The first-order valence-corrected chi connectivity index (χ1v) is 6.80. The Morgan fingerprint density at radius 1 is 1.37 bits per heavy atom. The SMILES string of the molecule is COc1cc(NC(C)=O)ccc1N[C@H]1CC[C@H](C)C1. The first kappa shape index (κ1) is 13.7. The van der Waals surface area contributed by atoms with Crippen molar-refractivity contribution in [2.45, 2.75) is 39.2 Å². The number of nitrogens with one attached hydrogen (secondary N) is 2. The fourth-order valence-corrected chi connectivity index (χ4v) is 2.65. The minimum absolute atomic E-state index is 0.0765. The summed E-state index contributed by atoms with van der Waals surface area (Å²) in [5, 5.41) is 6.29. The third kappa shape index (κ3) is 3.63. The maximum absolute atomic E-state index is 11.0. The van der Waals surface area contributed by atoms with Crippen molar-refractivity contribution in [2.75, 3.05) is 17.7 Å². The normalized spacial score (nSPS) is 22.1. The van der Waals surface area contributed by atoms with Gasteiger partial charge in [-0.25, -0.2) is 0 Å². The summed E-state index contributed by atoms with van der Waals surface area (Å²) in [5.74, 6) is 1.49. The van der Waals surface area contributed by atoms with Crippen molar-refractivity contribution >= 4 is 17.3 Å². The minimum Gasteiger partial charge on any atom is -0.495 e. The van der Waals surface area contributed by atoms with E-state index in [-0.39, 0.29) is 5.91 Å². The summed E-state index contributed by atoms with van der Waals surface area (Å²) < 4.78 is 5.39. The molecular weight excluding hydrogens is 240 g/mol. The summed E-state index contributed by atoms with van der Waals surface area (Å²) >= 11 is 0. The van der Waals surface area contributed by atoms with Gasteiger partial charge in [0.15, 0.2) is 0 Å². The molecule has 4 heteroatoms. The molecule has 2 rings (SSSR count). The minimum atomic E-state index is -0.0765. The van der Waals surface area contributed by atoms with Gasteiger partial charge in [-0.1, -0.05) is 6.92 Å². The molecule has 1 aliphatic rings. The molecule has 19 heavy (non-hydrogen) atoms. The number of hydrogen-bond donors (Lipinski definition) is 2. The molecule has 0 saturated heterocycles. The van der Waals surface area contributed by atoms with Gasteiger partial charge in [0, 0.05) is 24.7 Å². The van der Waals surface area contributed by atoms with Gasteiger partial charge in [0.1, 0.15) is 5.75 Å². The summed E-state index contributed by atoms with van der Waals surface area (Å²) in [5.41, 5.74) is 1.75. The van der Waals surface area contributed by atoms with Crippen LogP contribution in [0.15, 0.2) is 18.2 Å². The molecule has 0 aromatic heterocycles. The van der Waals surface area contributed by atoms with Crippen molar-refractivity contribution in [1.29, 1.82) is 0 Å². The Kier molecular flexibility index (Phi) is 4.30. The van der Waals surface area contributed by atoms with Gasteiger partial charge in [-0.05, 0) is 37.3 Å². The van der Waals surface area contributed by atoms with Crippen LogP contribution in [-0.4, -0.2) is 19.1 Å². The standard InChI is InChI=1S/C15H22N2O2/c1-10-4-5-12(8-10)17-14-7-6-13(16-11(2)18)9-15(14)19-3/h6-7,9-10,12,17H,4-5,8H2,1-3H3,(H,16,18)/t10-,12-/m0/s1. The molecule has 104 valence electrons. The van der Waals surface area contributed by atoms with Crippen LogP contribution in [-0.2, 0) is 4.79 Å². The molecule has 1 fully saturated rings. The van der Waals surface area contributed by atoms with Gasteiger partial charge in [0.25, 0.3) is 0 Å². The van der Waals surface area contributed by atoms with Gasteiger partial charge < -0.3 is 15.4 Å². The molecule has 1 amide bonds. The van der Waals surface area contributed by atoms with E-state index in [0.717, 1.165) is 23.0 Å². The van der Waals surface area contributed by atoms with E-state index in [1.165, 1.54) is 26.2 Å². The third-order valence-corrected chi connectivity index (χ3v) is 3.58. The van der Waals surface area contributed by atoms with Crippen LogP contribution < -0.4 is 15.4 Å². The van der Waals surface area contributed by atoms with E-state index in [2.05, 4.69) is 17.6 Å². The summed E-state index contributed by atoms with van der Waals surface area (Å²) in [6, 6.07) is 6.23. The van der Waals surface area contributed by atoms with Crippen LogP contribution in [0, 0.1) is 5.92 Å². The van der Waals surface area contributed by atoms with Crippen molar-refractivity contribution in [3.63, 3.8) is 0 Å². The zero-order valence-electron chi connectivity index (χ0n) is 11.8. The predicted octanol–water partition coefficient (Wildman–Crippen LogP) is 3.25. The third-order valence-electron chi connectivity index (χ3n) is 3.58. The summed E-state index contributed by atoms with van der Waals surface area (Å²) in [6.45, 7) is 3.79. The largest absolute Gasteiger partial charge is 0.495 e. The number of ether oxygens (including phenoxy) is 1. The second-order valence-corrected chi connectivity index (χ2v) is 5.36. The first-order valence-electron chi connectivity index (χ1n) is 6.80. The number of anilines is 2. The highest BCUT2D eigenvalue weighted by atomic mass is 16.5. The van der Waals surface area contributed by atoms with Gasteiger partial charge in [-0.15, -0.1) is 0 Å². The van der Waals surface area contributed by atoms with Crippen LogP contribution in [0.3, 0.4) is 0 Å². The predicted molar refractivity (Wildman–Crippen MR) is 77.7 cm³/mol. The number of benzene rings is 1. The van der Waals surface area contributed by atoms with Crippen molar-refractivity contribution in [3.05, 3.63) is 18.2 Å². The maximum Gasteiger partial charge on any atom is 0.221 e. The Labute approximate surface area is 114 Å². The highest BCUT2D eigenvalue weighted by Gasteiger charge is 2.21. The molecule has 2 N–H and O–H groups in total. The van der Waals surface area contributed by atoms with Crippen molar-refractivity contribution < 1.29 is 9.53 Å². The van der Waals surface area contributed by atoms with E-state index in [9.17, 15) is 4.79 Å². The van der Waals surface area contributed by atoms with Gasteiger partial charge in [-0.3, -0.25) is 4.79 Å². The number of carbonyl (C=O) groups excluding carboxylic acids is 1. The summed E-state index contributed by atoms with van der Waals surface area (Å²) in [7, 11) is 1.65. The van der Waals surface area contributed by atoms with E-state index in [1.807, 2.05) is 18.2 Å². The molecule has 0 heterocycles. The molecule has 0 unspecified atom stereocenters. The maximum atomic E-state index is 11.0. The monoisotopic (exact) mass is 262 g/mol. The van der Waals surface area contributed by atoms with Crippen LogP contribution in [0.25, 0.3) is 0 Å². The second kappa shape index (κ2) is 5.95. The zero-order chi connectivity index (χ0) is 13.8. The number of amides is 1. The van der Waals surface area contributed by atoms with E-state index in [4.69, 9.17) is 4.74 Å². The number of rotatable bonds is 4. The molecule has 0 spiro atoms. The van der Waals surface area contributed by atoms with Crippen molar-refractivity contribution in [1.82, 2.24) is 0 Å². The quantitative estimate of drug-likeness (QED) is 0.875. The lowest BCUT2D eigenvalue weighted by molar-refractivity contribution is -0.114. The fourth-order valence-electron chi connectivity index (χ4n) is 2.65. The second-order valence-electron chi connectivity index (χ2n) is 5.36. The fraction of sp³-hybridized carbons (Fsp3) is 0.533. The van der Waals surface area contributed by atoms with Crippen LogP contribution in [0.2, 0.25) is 0 Å². The molecule has 1 aromatic rings. The van der Waals surface area contributed by atoms with Crippen LogP contribution in [0.4, 0.5) is 11.4 Å². The molecular formula is C15H22N2O2. The van der Waals surface area contributed by atoms with E-state index < -0.39 is 0 Å². The van der Waals surface area contributed by atoms with Crippen molar-refractivity contribution in [3.8, 4) is 5.75 Å². The van der Waals surface area contributed by atoms with Crippen LogP contribution in [0.1, 0.15) is 33.1 Å². The lowest BCUT2D eigenvalue weighted by atomic mass is 10.1. The number of hydrogen-bond acceptors (Lipinski definition) is 3. The van der Waals surface area contributed by atoms with Gasteiger partial charge in [-0.2, -0.15) is 0 Å². The molecule has 0 aliphatic heterocycles. The smallest absolute Gasteiger partial charge is 0.221 e. The van der Waals surface area contributed by atoms with Crippen LogP contribution >= 0.6 is 0 Å². The lowest BCUT2D eigenvalue weighted by Gasteiger charge is -2.17. The highest BCUT2D eigenvalue weighted by Crippen LogP contribution is 2.33. The van der Waals surface area contributed by atoms with E-state index >= 15 is 0 Å². The molecule has 0 radical (unpaired) electrons. The first-order chi connectivity index (χ1) is 9.08. The van der Waals surface area contributed by atoms with Gasteiger partial charge in [0.2, 0.25) is 5.91 Å². The molecule has 0 bridgehead atoms. The molecule has 4 nitrogen and oxygen atoms in total. The Morgan fingerprint density at radius 2 is 2.16 bits per heavy atom. The Hall–Kier alpha value is -1.71. The number of carbonyl (C=O) groups is 1. The lowest BCUT2D eigenvalue weighted by Crippen LogP contribution is -2.16. The Bertz CT molecular complexity index is 459. The summed E-state index contributed by atoms with van der Waals surface area (Å²) in [6.07, 6.45) is 3.69. The van der Waals surface area contributed by atoms with E-state index in [0.29, 0.717) is 6.04 Å². The van der Waals surface area contributed by atoms with Gasteiger partial charge >= 0.3 is 0 Å². The van der Waals surface area contributed by atoms with E-state index in [1.54, 1.807) is 7.11 Å². The summed E-state index contributed by atoms with van der Waals surface area (Å²) in [4.78, 5) is 11.0. The Balaban J connectivity index is 2.09. The molecule has 1 saturated carbocycles. The average molecular weight is 262 g/mol. The Morgan fingerprint density at radius 3 is 2.74 bits per heavy atom. The average Bonchev–Trinajstić information content (AvgIpc) is 2.76. The highest BCUT2D eigenvalue weighted by molar-refractivity contribution is 5.89. The van der Waals surface area contributed by atoms with Crippen LogP contribution in [0.5, 0.6) is 5.75 Å². The van der Waals surface area contributed by atoms with Crippen molar-refractivity contribution in [2.24, 2.45) is 5.92 Å². The zero-order valence-corrected chi connectivity index (χ0v) is 11.8. The molecule has 2 atom stereocenters. The molecule has 1 aliphatic carbocycles.